The number of thiophene rings is 1. The van der Waals surface area contributed by atoms with Crippen LogP contribution in [0.4, 0.5) is 0 Å². The molecule has 0 saturated carbocycles. The molecule has 92 valence electrons. The van der Waals surface area contributed by atoms with Crippen molar-refractivity contribution in [1.29, 1.82) is 0 Å². The van der Waals surface area contributed by atoms with E-state index in [4.69, 9.17) is 10.2 Å². The Hall–Kier alpha value is -1.99. The van der Waals surface area contributed by atoms with E-state index in [0.717, 1.165) is 16.3 Å². The summed E-state index contributed by atoms with van der Waals surface area (Å²) in [5.74, 6) is 0.638. The Morgan fingerprint density at radius 2 is 2.33 bits per heavy atom. The quantitative estimate of drug-likeness (QED) is 0.769. The van der Waals surface area contributed by atoms with Gasteiger partial charge in [-0.1, -0.05) is 11.3 Å². The molecule has 0 aliphatic rings. The smallest absolute Gasteiger partial charge is 0.236 e. The van der Waals surface area contributed by atoms with Gasteiger partial charge in [-0.2, -0.15) is 0 Å². The normalized spacial score (nSPS) is 10.9. The van der Waals surface area contributed by atoms with Gasteiger partial charge in [0.25, 0.3) is 0 Å². The molecule has 0 bridgehead atoms. The molecule has 0 amide bonds. The van der Waals surface area contributed by atoms with Crippen molar-refractivity contribution in [3.05, 3.63) is 41.4 Å². The maximum absolute atomic E-state index is 5.48. The van der Waals surface area contributed by atoms with Crippen LogP contribution in [0.15, 0.2) is 34.4 Å². The minimum atomic E-state index is 0.388. The lowest BCUT2D eigenvalue weighted by Gasteiger charge is -1.93. The van der Waals surface area contributed by atoms with Gasteiger partial charge in [0, 0.05) is 6.54 Å². The lowest BCUT2D eigenvalue weighted by atomic mass is 10.4. The van der Waals surface area contributed by atoms with E-state index in [2.05, 4.69) is 15.3 Å². The van der Waals surface area contributed by atoms with E-state index in [9.17, 15) is 0 Å². The molecule has 3 aromatic heterocycles. The van der Waals surface area contributed by atoms with Crippen LogP contribution in [0.2, 0.25) is 0 Å². The number of hydrogen-bond donors (Lipinski definition) is 1. The Labute approximate surface area is 107 Å². The highest BCUT2D eigenvalue weighted by atomic mass is 32.1. The van der Waals surface area contributed by atoms with E-state index in [1.807, 2.05) is 17.5 Å². The predicted octanol–water partition coefficient (Wildman–Crippen LogP) is 1.50. The summed E-state index contributed by atoms with van der Waals surface area (Å²) in [5, 5.41) is 9.87. The molecule has 0 unspecified atom stereocenters. The number of oxazole rings is 1. The number of nitrogens with two attached hydrogens (primary N) is 1. The van der Waals surface area contributed by atoms with Gasteiger partial charge in [0.2, 0.25) is 5.89 Å². The van der Waals surface area contributed by atoms with Crippen molar-refractivity contribution in [2.45, 2.75) is 13.1 Å². The summed E-state index contributed by atoms with van der Waals surface area (Å²) < 4.78 is 7.12. The van der Waals surface area contributed by atoms with Crippen molar-refractivity contribution < 1.29 is 4.42 Å². The molecular weight excluding hydrogens is 250 g/mol. The summed E-state index contributed by atoms with van der Waals surface area (Å²) in [7, 11) is 0. The second-order valence-corrected chi connectivity index (χ2v) is 4.68. The Bertz CT molecular complexity index is 627. The fourth-order valence-corrected chi connectivity index (χ4v) is 2.22. The van der Waals surface area contributed by atoms with Crippen molar-refractivity contribution in [2.24, 2.45) is 5.73 Å². The van der Waals surface area contributed by atoms with Crippen molar-refractivity contribution in [1.82, 2.24) is 20.0 Å². The fraction of sp³-hybridized carbons (Fsp3) is 0.182. The molecule has 3 heterocycles. The van der Waals surface area contributed by atoms with Crippen LogP contribution in [0.3, 0.4) is 0 Å². The zero-order valence-corrected chi connectivity index (χ0v) is 10.3. The molecule has 3 rings (SSSR count). The van der Waals surface area contributed by atoms with E-state index in [-0.39, 0.29) is 0 Å². The molecular formula is C11H11N5OS. The largest absolute Gasteiger partial charge is 0.443 e. The SMILES string of the molecule is NCc1cn(Cc2coc(-c3cccs3)n2)nn1. The van der Waals surface area contributed by atoms with E-state index in [0.29, 0.717) is 19.0 Å². The zero-order valence-electron chi connectivity index (χ0n) is 9.48. The highest BCUT2D eigenvalue weighted by Gasteiger charge is 2.08. The zero-order chi connectivity index (χ0) is 12.4. The maximum Gasteiger partial charge on any atom is 0.236 e. The third kappa shape index (κ3) is 2.18. The van der Waals surface area contributed by atoms with Crippen molar-refractivity contribution in [3.8, 4) is 10.8 Å². The van der Waals surface area contributed by atoms with E-state index in [1.165, 1.54) is 0 Å². The minimum Gasteiger partial charge on any atom is -0.443 e. The van der Waals surface area contributed by atoms with Crippen molar-refractivity contribution in [3.63, 3.8) is 0 Å². The molecule has 18 heavy (non-hydrogen) atoms. The number of aromatic nitrogens is 4. The van der Waals surface area contributed by atoms with E-state index in [1.54, 1.807) is 28.5 Å². The fourth-order valence-electron chi connectivity index (χ4n) is 1.57. The summed E-state index contributed by atoms with van der Waals surface area (Å²) >= 11 is 1.60. The standard InChI is InChI=1S/C11H11N5OS/c12-4-8-5-16(15-14-8)6-9-7-17-11(13-9)10-2-1-3-18-10/h1-3,5,7H,4,6,12H2. The highest BCUT2D eigenvalue weighted by molar-refractivity contribution is 7.13. The number of nitrogens with zero attached hydrogens (tertiary/aromatic N) is 4. The van der Waals surface area contributed by atoms with Gasteiger partial charge in [-0.15, -0.1) is 16.4 Å². The summed E-state index contributed by atoms with van der Waals surface area (Å²) in [4.78, 5) is 5.42. The molecule has 0 saturated heterocycles. The molecule has 2 N–H and O–H groups in total. The monoisotopic (exact) mass is 261 g/mol. The van der Waals surface area contributed by atoms with Crippen LogP contribution in [0.1, 0.15) is 11.4 Å². The first kappa shape index (κ1) is 11.1. The molecule has 0 aliphatic heterocycles. The highest BCUT2D eigenvalue weighted by Crippen LogP contribution is 2.23. The lowest BCUT2D eigenvalue weighted by Crippen LogP contribution is -2.00. The number of hydrogen-bond acceptors (Lipinski definition) is 6. The molecule has 6 nitrogen and oxygen atoms in total. The molecule has 7 heteroatoms. The molecule has 0 aliphatic carbocycles. The van der Waals surface area contributed by atoms with Crippen molar-refractivity contribution in [2.75, 3.05) is 0 Å². The summed E-state index contributed by atoms with van der Waals surface area (Å²) in [5.41, 5.74) is 7.05. The first-order valence-electron chi connectivity index (χ1n) is 5.42. The third-order valence-electron chi connectivity index (χ3n) is 2.40. The second kappa shape index (κ2) is 4.71. The maximum atomic E-state index is 5.48. The van der Waals surface area contributed by atoms with Crippen LogP contribution in [-0.2, 0) is 13.1 Å². The van der Waals surface area contributed by atoms with Crippen LogP contribution in [0.25, 0.3) is 10.8 Å². The average molecular weight is 261 g/mol. The van der Waals surface area contributed by atoms with Crippen molar-refractivity contribution >= 4 is 11.3 Å². The molecule has 0 spiro atoms. The van der Waals surface area contributed by atoms with Gasteiger partial charge in [0.15, 0.2) is 0 Å². The predicted molar refractivity (Wildman–Crippen MR) is 66.8 cm³/mol. The third-order valence-corrected chi connectivity index (χ3v) is 3.26. The molecule has 0 fully saturated rings. The van der Waals surface area contributed by atoms with Crippen LogP contribution < -0.4 is 5.73 Å². The summed E-state index contributed by atoms with van der Waals surface area (Å²) in [6.45, 7) is 0.918. The van der Waals surface area contributed by atoms with Gasteiger partial charge in [-0.3, -0.25) is 0 Å². The first-order chi connectivity index (χ1) is 8.85. The van der Waals surface area contributed by atoms with E-state index >= 15 is 0 Å². The Morgan fingerprint density at radius 3 is 3.06 bits per heavy atom. The van der Waals surface area contributed by atoms with Gasteiger partial charge >= 0.3 is 0 Å². The Balaban J connectivity index is 1.77. The Morgan fingerprint density at radius 1 is 1.39 bits per heavy atom. The summed E-state index contributed by atoms with van der Waals surface area (Å²) in [6.07, 6.45) is 3.44. The minimum absolute atomic E-state index is 0.388. The molecule has 0 aromatic carbocycles. The molecule has 3 aromatic rings. The summed E-state index contributed by atoms with van der Waals surface area (Å²) in [6, 6.07) is 3.94. The van der Waals surface area contributed by atoms with Crippen LogP contribution >= 0.6 is 11.3 Å². The van der Waals surface area contributed by atoms with Gasteiger partial charge in [0.05, 0.1) is 23.3 Å². The van der Waals surface area contributed by atoms with Gasteiger partial charge in [0.1, 0.15) is 12.0 Å². The lowest BCUT2D eigenvalue weighted by molar-refractivity contribution is 0.569. The topological polar surface area (TPSA) is 82.8 Å². The number of rotatable bonds is 4. The first-order valence-corrected chi connectivity index (χ1v) is 6.30. The van der Waals surface area contributed by atoms with Gasteiger partial charge in [-0.25, -0.2) is 9.67 Å². The molecule has 0 radical (unpaired) electrons. The van der Waals surface area contributed by atoms with Gasteiger partial charge < -0.3 is 10.2 Å². The van der Waals surface area contributed by atoms with Crippen LogP contribution in [0.5, 0.6) is 0 Å². The van der Waals surface area contributed by atoms with Gasteiger partial charge in [-0.05, 0) is 11.4 Å². The Kier molecular flexibility index (Phi) is 2.91. The molecule has 0 atom stereocenters. The average Bonchev–Trinajstić information content (AvgIpc) is 3.10. The van der Waals surface area contributed by atoms with E-state index < -0.39 is 0 Å². The van der Waals surface area contributed by atoms with Crippen LogP contribution in [0, 0.1) is 0 Å². The second-order valence-electron chi connectivity index (χ2n) is 3.73. The van der Waals surface area contributed by atoms with Crippen LogP contribution in [-0.4, -0.2) is 20.0 Å².